The zero-order valence-electron chi connectivity index (χ0n) is 58.6. The third kappa shape index (κ3) is 14.1. The molecular weight excluding hydrogens is 1370 g/mol. The van der Waals surface area contributed by atoms with E-state index in [0.29, 0.717) is 51.5 Å². The van der Waals surface area contributed by atoms with E-state index in [1.165, 1.54) is 41.8 Å². The van der Waals surface area contributed by atoms with Gasteiger partial charge < -0.3 is 0 Å². The van der Waals surface area contributed by atoms with E-state index >= 15 is 8.78 Å². The first-order valence-electron chi connectivity index (χ1n) is 32.8. The Labute approximate surface area is 552 Å². The normalized spacial score (nSPS) is 13.4. The van der Waals surface area contributed by atoms with E-state index in [2.05, 4.69) is 232 Å². The summed E-state index contributed by atoms with van der Waals surface area (Å²) in [5.41, 5.74) is 7.77. The molecule has 8 aromatic carbocycles. The summed E-state index contributed by atoms with van der Waals surface area (Å²) < 4.78 is 56.3. The van der Waals surface area contributed by atoms with Crippen molar-refractivity contribution < 1.29 is 28.5 Å². The molecule has 2 aromatic heterocycles. The zero-order valence-corrected chi connectivity index (χ0v) is 67.0. The predicted molar refractivity (Wildman–Crippen MR) is 397 cm³/mol. The molecule has 0 aliphatic heterocycles. The van der Waals surface area contributed by atoms with Crippen LogP contribution in [0.2, 0.25) is 69.1 Å². The van der Waals surface area contributed by atoms with Crippen LogP contribution in [0, 0.1) is 22.5 Å². The van der Waals surface area contributed by atoms with E-state index < -0.39 is 75.5 Å². The summed E-state index contributed by atoms with van der Waals surface area (Å²) >= 11 is -9.65. The Hall–Kier alpha value is -5.41. The fourth-order valence-corrected chi connectivity index (χ4v) is 24.1. The van der Waals surface area contributed by atoms with Gasteiger partial charge in [-0.25, -0.2) is 0 Å². The Morgan fingerprint density at radius 2 is 0.670 bits per heavy atom. The van der Waals surface area contributed by atoms with Crippen LogP contribution in [0.1, 0.15) is 99.6 Å². The average Bonchev–Trinajstić information content (AvgIpc) is 1.65. The SMILES string of the molecule is CC(C)(C)CC(C)(C)c1cc(-n2c3c[c]([Ge]([CH3])([CH3])[CH3])ccc3c3cc[c]([Ge]([CH3])([CH3])[CH3])cc32)c(O)c(-c2cccc(F)c2)c1OCCCOc1c(C(C)(C)CC(C)(C)C)cc(-n2c3c[c]([Ge]([CH3])([CH3])[CH3])ccc3c3cc[c]([Ge]([CH3])([CH3])[CH3])cc32)c(O)c1-c1cccc(F)c1. The molecule has 91 heavy (non-hydrogen) atoms. The van der Waals surface area contributed by atoms with Crippen molar-refractivity contribution in [1.29, 1.82) is 0 Å². The first kappa shape index (κ1) is 68.5. The third-order valence-electron chi connectivity index (χ3n) is 18.4. The van der Waals surface area contributed by atoms with Crippen molar-refractivity contribution in [2.75, 3.05) is 13.2 Å². The molecule has 2 N–H and O–H groups in total. The molecule has 480 valence electrons. The van der Waals surface area contributed by atoms with Gasteiger partial charge in [0.15, 0.2) is 0 Å². The van der Waals surface area contributed by atoms with Crippen LogP contribution in [-0.4, -0.2) is 85.6 Å². The number of aromatic nitrogens is 2. The molecule has 2 heterocycles. The number of nitrogens with zero attached hydrogens (tertiary/aromatic N) is 2. The maximum atomic E-state index is 15.9. The molecule has 10 rings (SSSR count). The van der Waals surface area contributed by atoms with Crippen molar-refractivity contribution >= 4 is 114 Å². The van der Waals surface area contributed by atoms with Gasteiger partial charge in [-0.3, -0.25) is 0 Å². The van der Waals surface area contributed by atoms with Crippen molar-refractivity contribution in [3.63, 3.8) is 0 Å². The van der Waals surface area contributed by atoms with Gasteiger partial charge in [0.25, 0.3) is 0 Å². The van der Waals surface area contributed by atoms with Crippen molar-refractivity contribution in [3.05, 3.63) is 156 Å². The van der Waals surface area contributed by atoms with Crippen molar-refractivity contribution in [2.45, 2.75) is 168 Å². The molecule has 0 bridgehead atoms. The van der Waals surface area contributed by atoms with Gasteiger partial charge in [0, 0.05) is 0 Å². The summed E-state index contributed by atoms with van der Waals surface area (Å²) in [6.07, 6.45) is 1.93. The van der Waals surface area contributed by atoms with Crippen molar-refractivity contribution in [3.8, 4) is 56.6 Å². The molecule has 0 fully saturated rings. The molecule has 0 aliphatic carbocycles. The van der Waals surface area contributed by atoms with Gasteiger partial charge in [-0.05, 0) is 0 Å². The minimum absolute atomic E-state index is 0.00970. The quantitative estimate of drug-likeness (QED) is 0.0664. The third-order valence-corrected chi connectivity index (χ3v) is 35.5. The second kappa shape index (κ2) is 24.4. The van der Waals surface area contributed by atoms with Gasteiger partial charge >= 0.3 is 557 Å². The van der Waals surface area contributed by atoms with Crippen molar-refractivity contribution in [2.24, 2.45) is 10.8 Å². The molecule has 6 nitrogen and oxygen atoms in total. The number of phenolic OH excluding ortho intramolecular Hbond substituents is 2. The number of halogens is 2. The Kier molecular flexibility index (Phi) is 18.4. The van der Waals surface area contributed by atoms with E-state index in [-0.39, 0.29) is 35.5 Å². The molecule has 0 saturated heterocycles. The van der Waals surface area contributed by atoms with E-state index in [1.807, 2.05) is 12.1 Å². The summed E-state index contributed by atoms with van der Waals surface area (Å²) in [7, 11) is 0. The molecule has 0 amide bonds. The summed E-state index contributed by atoms with van der Waals surface area (Å²) in [6.45, 7) is 22.9. The van der Waals surface area contributed by atoms with Crippen LogP contribution in [0.4, 0.5) is 8.78 Å². The van der Waals surface area contributed by atoms with Crippen LogP contribution in [0.5, 0.6) is 23.0 Å². The first-order valence-corrected chi connectivity index (χ1v) is 62.2. The number of phenols is 2. The summed E-state index contributed by atoms with van der Waals surface area (Å²) in [5, 5.41) is 31.4. The van der Waals surface area contributed by atoms with Gasteiger partial charge in [0.1, 0.15) is 0 Å². The summed E-state index contributed by atoms with van der Waals surface area (Å²) in [4.78, 5) is 0. The Balaban J connectivity index is 1.16. The Morgan fingerprint density at radius 3 is 0.923 bits per heavy atom. The molecule has 10 aromatic rings. The molecule has 0 unspecified atom stereocenters. The Morgan fingerprint density at radius 1 is 0.385 bits per heavy atom. The van der Waals surface area contributed by atoms with Gasteiger partial charge in [-0.1, -0.05) is 0 Å². The first-order chi connectivity index (χ1) is 42.0. The molecule has 12 heteroatoms. The van der Waals surface area contributed by atoms with Crippen molar-refractivity contribution in [1.82, 2.24) is 9.13 Å². The Bertz CT molecular complexity index is 4030. The van der Waals surface area contributed by atoms with E-state index in [9.17, 15) is 10.2 Å². The van der Waals surface area contributed by atoms with Crippen LogP contribution < -0.4 is 27.1 Å². The fraction of sp³-hybridized carbons (Fsp3) is 0.392. The number of fused-ring (bicyclic) bond motifs is 6. The molecular formula is C79H100F2Ge4N2O4. The summed E-state index contributed by atoms with van der Waals surface area (Å²) in [5.74, 6) is 29.2. The fourth-order valence-electron chi connectivity index (χ4n) is 14.4. The molecule has 0 aliphatic rings. The van der Waals surface area contributed by atoms with Crippen LogP contribution in [-0.2, 0) is 10.8 Å². The predicted octanol–water partition coefficient (Wildman–Crippen LogP) is 20.4. The molecule has 0 saturated carbocycles. The second-order valence-electron chi connectivity index (χ2n) is 33.9. The van der Waals surface area contributed by atoms with E-state index in [4.69, 9.17) is 9.47 Å². The van der Waals surface area contributed by atoms with Crippen LogP contribution in [0.3, 0.4) is 0 Å². The van der Waals surface area contributed by atoms with Crippen LogP contribution in [0.15, 0.2) is 133 Å². The standard InChI is InChI=1S/C79H100F2Ge4N2O4/c1-76(2,3)48-78(7,8)62-46-68(86-64-42-54(82(11,12)13)30-34-58(64)59-35-31-55(43-65(59)86)83(14,15)16)72(88)70(50-26-23-28-52(80)40-50)74(62)90-38-25-39-91-75-63(79(9,10)49-77(4,5)6)47-69(73(89)71(75)51-27-24-29-53(81)41-51)87-66-44-56(84(17,18)19)32-36-60(66)61-37-33-57(45-67(61)87)85(20,21)22/h23-24,26-37,40-47,88-89H,25,38-39,48-49H2,1-22H3. The number of aromatic hydroxyl groups is 2. The zero-order chi connectivity index (χ0) is 66.7. The van der Waals surface area contributed by atoms with E-state index in [1.54, 1.807) is 12.1 Å². The summed E-state index contributed by atoms with van der Waals surface area (Å²) in [6, 6.07) is 45.1. The molecule has 0 radical (unpaired) electrons. The van der Waals surface area contributed by atoms with Crippen LogP contribution in [0.25, 0.3) is 77.2 Å². The average molecular weight is 1470 g/mol. The second-order valence-corrected chi connectivity index (χ2v) is 76.5. The van der Waals surface area contributed by atoms with Gasteiger partial charge in [0.2, 0.25) is 0 Å². The topological polar surface area (TPSA) is 68.8 Å². The number of hydrogen-bond donors (Lipinski definition) is 2. The van der Waals surface area contributed by atoms with E-state index in [0.717, 1.165) is 67.6 Å². The number of benzene rings is 8. The van der Waals surface area contributed by atoms with Crippen LogP contribution >= 0.6 is 0 Å². The number of rotatable bonds is 18. The monoisotopic (exact) mass is 1470 g/mol. The maximum absolute atomic E-state index is 15.9. The number of ether oxygens (including phenoxy) is 2. The van der Waals surface area contributed by atoms with Gasteiger partial charge in [0.05, 0.1) is 0 Å². The molecule has 0 spiro atoms. The minimum atomic E-state index is -2.41. The number of hydrogen-bond acceptors (Lipinski definition) is 4. The van der Waals surface area contributed by atoms with Gasteiger partial charge in [-0.15, -0.1) is 0 Å². The van der Waals surface area contributed by atoms with Gasteiger partial charge in [-0.2, -0.15) is 0 Å². The molecule has 0 atom stereocenters.